The second kappa shape index (κ2) is 5.83. The van der Waals surface area contributed by atoms with Crippen molar-refractivity contribution in [3.63, 3.8) is 0 Å². The molecule has 0 aliphatic carbocycles. The Morgan fingerprint density at radius 3 is 2.18 bits per heavy atom. The number of hydrogen-bond donors (Lipinski definition) is 3. The third-order valence-corrected chi connectivity index (χ3v) is 2.87. The summed E-state index contributed by atoms with van der Waals surface area (Å²) in [6.07, 6.45) is 1.64. The highest BCUT2D eigenvalue weighted by molar-refractivity contribution is 9.11. The molecule has 0 atom stereocenters. The van der Waals surface area contributed by atoms with Gasteiger partial charge in [-0.15, -0.1) is 0 Å². The van der Waals surface area contributed by atoms with Gasteiger partial charge in [0, 0.05) is 17.8 Å². The fourth-order valence-electron chi connectivity index (χ4n) is 0.969. The maximum absolute atomic E-state index is 11.3. The largest absolute Gasteiger partial charge is 0.506 e. The molecule has 0 aromatic heterocycles. The van der Waals surface area contributed by atoms with E-state index in [2.05, 4.69) is 37.2 Å². The van der Waals surface area contributed by atoms with E-state index < -0.39 is 11.9 Å². The second-order valence-corrected chi connectivity index (χ2v) is 4.66. The van der Waals surface area contributed by atoms with Crippen LogP contribution in [0.2, 0.25) is 0 Å². The molecular weight excluding hydrogens is 358 g/mol. The molecule has 7 heteroatoms. The van der Waals surface area contributed by atoms with Gasteiger partial charge in [0.25, 0.3) is 0 Å². The van der Waals surface area contributed by atoms with E-state index in [1.807, 2.05) is 0 Å². The SMILES string of the molecule is O=C(O)/C=C\C(=O)Nc1cc(Br)c(O)c(Br)c1. The summed E-state index contributed by atoms with van der Waals surface area (Å²) >= 11 is 6.21. The van der Waals surface area contributed by atoms with Crippen LogP contribution in [0.3, 0.4) is 0 Å². The molecular formula is C10H7Br2NO4. The maximum atomic E-state index is 11.3. The van der Waals surface area contributed by atoms with Crippen molar-refractivity contribution in [3.8, 4) is 5.75 Å². The molecule has 0 radical (unpaired) electrons. The van der Waals surface area contributed by atoms with E-state index in [1.165, 1.54) is 12.1 Å². The summed E-state index contributed by atoms with van der Waals surface area (Å²) in [5.74, 6) is -1.76. The van der Waals surface area contributed by atoms with Crippen LogP contribution in [0, 0.1) is 0 Å². The molecule has 3 N–H and O–H groups in total. The van der Waals surface area contributed by atoms with Crippen LogP contribution in [0.4, 0.5) is 5.69 Å². The van der Waals surface area contributed by atoms with Crippen LogP contribution < -0.4 is 5.32 Å². The maximum Gasteiger partial charge on any atom is 0.328 e. The van der Waals surface area contributed by atoms with Gasteiger partial charge in [-0.25, -0.2) is 4.79 Å². The van der Waals surface area contributed by atoms with Crippen molar-refractivity contribution in [3.05, 3.63) is 33.2 Å². The van der Waals surface area contributed by atoms with Gasteiger partial charge < -0.3 is 15.5 Å². The van der Waals surface area contributed by atoms with Crippen LogP contribution in [-0.4, -0.2) is 22.1 Å². The molecule has 1 amide bonds. The average Bonchev–Trinajstić information content (AvgIpc) is 2.23. The van der Waals surface area contributed by atoms with Crippen molar-refractivity contribution in [1.29, 1.82) is 0 Å². The third kappa shape index (κ3) is 4.20. The van der Waals surface area contributed by atoms with Crippen molar-refractivity contribution >= 4 is 49.4 Å². The number of aliphatic carboxylic acids is 1. The molecule has 0 aliphatic rings. The van der Waals surface area contributed by atoms with Crippen LogP contribution in [0.25, 0.3) is 0 Å². The number of carboxylic acid groups (broad SMARTS) is 1. The van der Waals surface area contributed by atoms with Gasteiger partial charge in [-0.2, -0.15) is 0 Å². The number of anilines is 1. The van der Waals surface area contributed by atoms with Gasteiger partial charge >= 0.3 is 5.97 Å². The fourth-order valence-corrected chi connectivity index (χ4v) is 2.16. The molecule has 5 nitrogen and oxygen atoms in total. The van der Waals surface area contributed by atoms with Crippen LogP contribution in [-0.2, 0) is 9.59 Å². The van der Waals surface area contributed by atoms with Crippen molar-refractivity contribution in [2.24, 2.45) is 0 Å². The molecule has 90 valence electrons. The van der Waals surface area contributed by atoms with Gasteiger partial charge in [-0.05, 0) is 44.0 Å². The lowest BCUT2D eigenvalue weighted by Crippen LogP contribution is -2.08. The molecule has 0 aliphatic heterocycles. The first kappa shape index (κ1) is 13.7. The first-order valence-corrected chi connectivity index (χ1v) is 5.88. The highest BCUT2D eigenvalue weighted by Crippen LogP contribution is 2.35. The zero-order chi connectivity index (χ0) is 13.0. The van der Waals surface area contributed by atoms with E-state index >= 15 is 0 Å². The number of carbonyl (C=O) groups excluding carboxylic acids is 1. The van der Waals surface area contributed by atoms with Crippen LogP contribution >= 0.6 is 31.9 Å². The molecule has 1 aromatic rings. The molecule has 1 rings (SSSR count). The van der Waals surface area contributed by atoms with Gasteiger partial charge in [-0.1, -0.05) is 0 Å². The smallest absolute Gasteiger partial charge is 0.328 e. The van der Waals surface area contributed by atoms with E-state index in [0.29, 0.717) is 14.6 Å². The summed E-state index contributed by atoms with van der Waals surface area (Å²) in [5, 5.41) is 20.2. The molecule has 0 heterocycles. The summed E-state index contributed by atoms with van der Waals surface area (Å²) in [4.78, 5) is 21.5. The quantitative estimate of drug-likeness (QED) is 0.568. The summed E-state index contributed by atoms with van der Waals surface area (Å²) in [5.41, 5.74) is 0.418. The second-order valence-electron chi connectivity index (χ2n) is 2.95. The van der Waals surface area contributed by atoms with Gasteiger partial charge in [0.2, 0.25) is 5.91 Å². The summed E-state index contributed by atoms with van der Waals surface area (Å²) in [6.45, 7) is 0. The number of phenolic OH excluding ortho intramolecular Hbond substituents is 1. The summed E-state index contributed by atoms with van der Waals surface area (Å²) in [7, 11) is 0. The molecule has 0 spiro atoms. The van der Waals surface area contributed by atoms with E-state index in [-0.39, 0.29) is 5.75 Å². The van der Waals surface area contributed by atoms with Gasteiger partial charge in [0.05, 0.1) is 8.95 Å². The Kier molecular flexibility index (Phi) is 4.71. The Hall–Kier alpha value is -1.34. The van der Waals surface area contributed by atoms with Crippen LogP contribution in [0.5, 0.6) is 5.75 Å². The number of phenols is 1. The number of carboxylic acids is 1. The zero-order valence-electron chi connectivity index (χ0n) is 8.28. The molecule has 0 fully saturated rings. The lowest BCUT2D eigenvalue weighted by atomic mass is 10.3. The molecule has 0 saturated heterocycles. The number of nitrogens with one attached hydrogen (secondary N) is 1. The van der Waals surface area contributed by atoms with Crippen LogP contribution in [0.15, 0.2) is 33.2 Å². The summed E-state index contributed by atoms with van der Waals surface area (Å²) < 4.78 is 0.814. The predicted molar refractivity (Wildman–Crippen MR) is 68.9 cm³/mol. The molecule has 0 bridgehead atoms. The Morgan fingerprint density at radius 1 is 1.18 bits per heavy atom. The average molecular weight is 365 g/mol. The monoisotopic (exact) mass is 363 g/mol. The lowest BCUT2D eigenvalue weighted by Gasteiger charge is -2.06. The minimum absolute atomic E-state index is 0.0177. The first-order chi connectivity index (χ1) is 7.90. The van der Waals surface area contributed by atoms with E-state index in [9.17, 15) is 14.7 Å². The van der Waals surface area contributed by atoms with Gasteiger partial charge in [0.1, 0.15) is 5.75 Å². The number of carbonyl (C=O) groups is 2. The Balaban J connectivity index is 2.82. The van der Waals surface area contributed by atoms with E-state index in [0.717, 1.165) is 12.2 Å². The van der Waals surface area contributed by atoms with Crippen molar-refractivity contribution in [2.45, 2.75) is 0 Å². The van der Waals surface area contributed by atoms with Crippen molar-refractivity contribution < 1.29 is 19.8 Å². The van der Waals surface area contributed by atoms with Gasteiger partial charge in [-0.3, -0.25) is 4.79 Å². The number of benzene rings is 1. The molecule has 1 aromatic carbocycles. The Morgan fingerprint density at radius 2 is 1.71 bits per heavy atom. The van der Waals surface area contributed by atoms with E-state index in [4.69, 9.17) is 5.11 Å². The number of halogens is 2. The van der Waals surface area contributed by atoms with Gasteiger partial charge in [0.15, 0.2) is 0 Å². The predicted octanol–water partition coefficient (Wildman–Crippen LogP) is 2.50. The third-order valence-electron chi connectivity index (χ3n) is 1.66. The Labute approximate surface area is 113 Å². The zero-order valence-corrected chi connectivity index (χ0v) is 11.4. The number of aromatic hydroxyl groups is 1. The van der Waals surface area contributed by atoms with Crippen molar-refractivity contribution in [1.82, 2.24) is 0 Å². The standard InChI is InChI=1S/C10H7Br2NO4/c11-6-3-5(4-7(12)10(6)17)13-8(14)1-2-9(15)16/h1-4,17H,(H,13,14)(H,15,16)/b2-1-. The fraction of sp³-hybridized carbons (Fsp3) is 0. The first-order valence-electron chi connectivity index (χ1n) is 4.30. The highest BCUT2D eigenvalue weighted by Gasteiger charge is 2.07. The number of rotatable bonds is 3. The summed E-state index contributed by atoms with van der Waals surface area (Å²) in [6, 6.07) is 2.99. The molecule has 0 saturated carbocycles. The minimum atomic E-state index is -1.20. The normalized spacial score (nSPS) is 10.5. The highest BCUT2D eigenvalue weighted by atomic mass is 79.9. The Bertz CT molecular complexity index is 476. The number of amides is 1. The molecule has 0 unspecified atom stereocenters. The number of hydrogen-bond acceptors (Lipinski definition) is 3. The van der Waals surface area contributed by atoms with Crippen molar-refractivity contribution in [2.75, 3.05) is 5.32 Å². The van der Waals surface area contributed by atoms with E-state index in [1.54, 1.807) is 0 Å². The molecule has 17 heavy (non-hydrogen) atoms. The minimum Gasteiger partial charge on any atom is -0.506 e. The topological polar surface area (TPSA) is 86.6 Å². The lowest BCUT2D eigenvalue weighted by molar-refractivity contribution is -0.131. The van der Waals surface area contributed by atoms with Crippen LogP contribution in [0.1, 0.15) is 0 Å².